The number of benzene rings is 4. The molecule has 0 N–H and O–H groups in total. The van der Waals surface area contributed by atoms with Crippen molar-refractivity contribution in [3.05, 3.63) is 128 Å². The summed E-state index contributed by atoms with van der Waals surface area (Å²) in [6.45, 7) is 40.7. The first kappa shape index (κ1) is 49.8. The van der Waals surface area contributed by atoms with Crippen LogP contribution < -0.4 is 24.8 Å². The number of fused-ring (bicyclic) bond motifs is 3. The minimum Gasteiger partial charge on any atom is -1.00 e. The molecule has 0 bridgehead atoms. The first-order valence-electron chi connectivity index (χ1n) is 20.1. The molecule has 1 atom stereocenters. The molecule has 0 saturated heterocycles. The number of rotatable bonds is 3. The van der Waals surface area contributed by atoms with Gasteiger partial charge in [0.15, 0.2) is 0 Å². The van der Waals surface area contributed by atoms with Gasteiger partial charge in [-0.05, 0) is 92.2 Å². The topological polar surface area (TPSA) is 0 Å². The standard InChI is InChI=1S/C39H45.C11H17.C3H6.2ClH.Zr/c1-22-13-24(3)36(25(4)14-22)32-18-28-17-29-19-33(37-26(5)15-23(2)16-27(37)6)35(39(10,11)12)21-31(29)30(28)20-34(32)38(7,8)9;1-5-9-6-7-10(8-9)11(2,3)4;1-3-2;;;/h13-16,18,20-21H,17H2,1-12H3;7-9H,5H2,1-4H3;1-2H3;2*1H;/q2*-1;;;;+2/p-2. The minimum absolute atomic E-state index is 0. The summed E-state index contributed by atoms with van der Waals surface area (Å²) in [6, 6.07) is 20.8. The monoisotopic (exact) mass is 864 g/mol. The van der Waals surface area contributed by atoms with Crippen LogP contribution in [-0.4, -0.2) is 3.21 Å². The minimum atomic E-state index is 0. The van der Waals surface area contributed by atoms with Gasteiger partial charge in [-0.15, -0.1) is 28.8 Å². The summed E-state index contributed by atoms with van der Waals surface area (Å²) in [5, 5.41) is 0. The van der Waals surface area contributed by atoms with Crippen molar-refractivity contribution >= 4 is 3.21 Å². The van der Waals surface area contributed by atoms with E-state index in [4.69, 9.17) is 0 Å². The van der Waals surface area contributed by atoms with Gasteiger partial charge in [0.05, 0.1) is 0 Å². The summed E-state index contributed by atoms with van der Waals surface area (Å²) in [6.07, 6.45) is 9.94. The average Bonchev–Trinajstić information content (AvgIpc) is 3.63. The Labute approximate surface area is 370 Å². The van der Waals surface area contributed by atoms with Gasteiger partial charge < -0.3 is 24.8 Å². The van der Waals surface area contributed by atoms with Crippen molar-refractivity contribution in [2.75, 3.05) is 0 Å². The summed E-state index contributed by atoms with van der Waals surface area (Å²) in [5.74, 6) is 0.573. The molecule has 4 aromatic rings. The fourth-order valence-electron chi connectivity index (χ4n) is 8.21. The Balaban J connectivity index is 0.000000538. The van der Waals surface area contributed by atoms with Gasteiger partial charge in [0, 0.05) is 0 Å². The molecular weight excluding hydrogens is 799 g/mol. The fraction of sp³-hybridized carbons (Fsp3) is 0.453. The van der Waals surface area contributed by atoms with Crippen LogP contribution in [0.5, 0.6) is 0 Å². The quantitative estimate of drug-likeness (QED) is 0.159. The predicted molar refractivity (Wildman–Crippen MR) is 236 cm³/mol. The van der Waals surface area contributed by atoms with E-state index in [1.54, 1.807) is 24.2 Å². The fourth-order valence-corrected chi connectivity index (χ4v) is 8.21. The van der Waals surface area contributed by atoms with Gasteiger partial charge in [-0.25, -0.2) is 6.08 Å². The Morgan fingerprint density at radius 3 is 1.46 bits per heavy atom. The summed E-state index contributed by atoms with van der Waals surface area (Å²) < 4.78 is 1.51. The van der Waals surface area contributed by atoms with Gasteiger partial charge in [0.1, 0.15) is 0 Å². The number of hydrogen-bond donors (Lipinski definition) is 0. The Morgan fingerprint density at radius 1 is 0.625 bits per heavy atom. The Hall–Kier alpha value is -2.31. The number of halogens is 2. The molecule has 0 saturated carbocycles. The van der Waals surface area contributed by atoms with Crippen LogP contribution in [0.15, 0.2) is 60.2 Å². The van der Waals surface area contributed by atoms with E-state index in [-0.39, 0.29) is 35.6 Å². The number of allylic oxidation sites excluding steroid dienone is 4. The zero-order valence-corrected chi connectivity index (χ0v) is 41.9. The van der Waals surface area contributed by atoms with Crippen molar-refractivity contribution in [1.29, 1.82) is 0 Å². The molecule has 1 unspecified atom stereocenters. The van der Waals surface area contributed by atoms with Crippen molar-refractivity contribution in [2.24, 2.45) is 11.3 Å². The maximum Gasteiger partial charge on any atom is -0.0122 e. The van der Waals surface area contributed by atoms with Gasteiger partial charge in [0.25, 0.3) is 0 Å². The molecule has 0 amide bonds. The molecule has 6 rings (SSSR count). The zero-order chi connectivity index (χ0) is 40.7. The van der Waals surface area contributed by atoms with Crippen molar-refractivity contribution < 1.29 is 49.0 Å². The predicted octanol–water partition coefficient (Wildman–Crippen LogP) is 8.95. The third-order valence-electron chi connectivity index (χ3n) is 10.7. The van der Waals surface area contributed by atoms with E-state index in [9.17, 15) is 0 Å². The molecule has 0 fully saturated rings. The molecule has 300 valence electrons. The molecule has 0 aliphatic heterocycles. The smallest absolute Gasteiger partial charge is 0.0122 e. The first-order chi connectivity index (χ1) is 24.8. The number of aryl methyl sites for hydroxylation is 6. The summed E-state index contributed by atoms with van der Waals surface area (Å²) >= 11 is 1.55. The van der Waals surface area contributed by atoms with Gasteiger partial charge in [-0.3, -0.25) is 6.08 Å². The van der Waals surface area contributed by atoms with E-state index >= 15 is 0 Å². The second-order valence-corrected chi connectivity index (χ2v) is 21.9. The first-order valence-corrected chi connectivity index (χ1v) is 21.3. The average molecular weight is 867 g/mol. The summed E-state index contributed by atoms with van der Waals surface area (Å²) in [5.41, 5.74) is 23.6. The van der Waals surface area contributed by atoms with Crippen molar-refractivity contribution in [3.8, 4) is 33.4 Å². The molecule has 0 spiro atoms. The molecule has 3 heteroatoms. The summed E-state index contributed by atoms with van der Waals surface area (Å²) in [7, 11) is 0. The third kappa shape index (κ3) is 11.7. The Bertz CT molecular complexity index is 1950. The van der Waals surface area contributed by atoms with E-state index in [1.165, 1.54) is 104 Å². The maximum atomic E-state index is 4.01. The third-order valence-corrected chi connectivity index (χ3v) is 10.7. The van der Waals surface area contributed by atoms with E-state index in [2.05, 4.69) is 191 Å². The van der Waals surface area contributed by atoms with E-state index < -0.39 is 0 Å². The molecule has 0 aromatic heterocycles. The van der Waals surface area contributed by atoms with E-state index in [1.807, 2.05) is 0 Å². The molecule has 0 radical (unpaired) electrons. The van der Waals surface area contributed by atoms with Crippen LogP contribution in [0, 0.1) is 65.0 Å². The molecule has 0 heterocycles. The van der Waals surface area contributed by atoms with Crippen LogP contribution >= 0.6 is 0 Å². The largest absolute Gasteiger partial charge is 1.00 e. The van der Waals surface area contributed by atoms with Crippen LogP contribution in [0.1, 0.15) is 145 Å². The number of hydrogen-bond acceptors (Lipinski definition) is 0. The molecule has 0 nitrogen and oxygen atoms in total. The normalized spacial score (nSPS) is 14.3. The van der Waals surface area contributed by atoms with Gasteiger partial charge >= 0.3 is 41.3 Å². The second kappa shape index (κ2) is 19.2. The van der Waals surface area contributed by atoms with E-state index in [0.29, 0.717) is 11.3 Å². The zero-order valence-electron chi connectivity index (χ0n) is 37.9. The van der Waals surface area contributed by atoms with Crippen LogP contribution in [0.3, 0.4) is 0 Å². The van der Waals surface area contributed by atoms with Crippen LogP contribution in [0.2, 0.25) is 0 Å². The molecular formula is C53H68Cl2Zr-2. The van der Waals surface area contributed by atoms with E-state index in [0.717, 1.165) is 6.42 Å². The second-order valence-electron chi connectivity index (χ2n) is 19.4. The van der Waals surface area contributed by atoms with Crippen molar-refractivity contribution in [1.82, 2.24) is 0 Å². The van der Waals surface area contributed by atoms with Crippen LogP contribution in [0.4, 0.5) is 0 Å². The van der Waals surface area contributed by atoms with Gasteiger partial charge in [0.2, 0.25) is 0 Å². The SMILES string of the molecule is CCC1[C-]=CC(C(C)(C)C)=C1.C[C](C)=[Zr+2].Cc1cc(C)c(-c2[c-]c3c(cc2C(C)(C)C)-c2cc(C(C)(C)C)c(-c4c(C)cc(C)cc4C)cc2C3)c(C)c1.[Cl-].[Cl-]. The molecule has 2 aliphatic rings. The molecule has 2 aliphatic carbocycles. The van der Waals surface area contributed by atoms with Crippen molar-refractivity contribution in [2.45, 2.75) is 148 Å². The van der Waals surface area contributed by atoms with Crippen molar-refractivity contribution in [3.63, 3.8) is 0 Å². The molecule has 56 heavy (non-hydrogen) atoms. The van der Waals surface area contributed by atoms with Gasteiger partial charge in [-0.1, -0.05) is 162 Å². The Morgan fingerprint density at radius 2 is 1.07 bits per heavy atom. The summed E-state index contributed by atoms with van der Waals surface area (Å²) in [4.78, 5) is 0. The van der Waals surface area contributed by atoms with Crippen LogP contribution in [0.25, 0.3) is 33.4 Å². The van der Waals surface area contributed by atoms with Crippen LogP contribution in [-0.2, 0) is 41.5 Å². The molecule has 4 aromatic carbocycles. The van der Waals surface area contributed by atoms with Gasteiger partial charge in [-0.2, -0.15) is 11.6 Å². The maximum absolute atomic E-state index is 4.01. The Kier molecular flexibility index (Phi) is 17.1.